The Bertz CT molecular complexity index is 324. The van der Waals surface area contributed by atoms with Crippen LogP contribution in [0.3, 0.4) is 0 Å². The zero-order valence-corrected chi connectivity index (χ0v) is 9.51. The summed E-state index contributed by atoms with van der Waals surface area (Å²) in [6, 6.07) is 5.77. The topological polar surface area (TPSA) is 36.7 Å². The summed E-state index contributed by atoms with van der Waals surface area (Å²) < 4.78 is 0. The summed E-state index contributed by atoms with van der Waals surface area (Å²) in [5.74, 6) is 0.637. The predicted octanol–water partition coefficient (Wildman–Crippen LogP) is 3.09. The Morgan fingerprint density at radius 1 is 1.36 bits per heavy atom. The van der Waals surface area contributed by atoms with E-state index in [-0.39, 0.29) is 0 Å². The van der Waals surface area contributed by atoms with Crippen LogP contribution in [0.15, 0.2) is 23.4 Å². The van der Waals surface area contributed by atoms with Crippen LogP contribution in [0, 0.1) is 17.2 Å². The van der Waals surface area contributed by atoms with Crippen molar-refractivity contribution < 1.29 is 0 Å². The molecule has 3 heteroatoms. The van der Waals surface area contributed by atoms with Crippen molar-refractivity contribution in [1.82, 2.24) is 4.98 Å². The second-order valence-corrected chi connectivity index (χ2v) is 4.96. The van der Waals surface area contributed by atoms with Crippen LogP contribution in [0.5, 0.6) is 0 Å². The van der Waals surface area contributed by atoms with Crippen molar-refractivity contribution in [2.24, 2.45) is 5.92 Å². The fourth-order valence-corrected chi connectivity index (χ4v) is 1.76. The van der Waals surface area contributed by atoms with Gasteiger partial charge in [0.1, 0.15) is 6.07 Å². The monoisotopic (exact) mass is 206 g/mol. The molecule has 0 spiro atoms. The average molecular weight is 206 g/mol. The molecular formula is C11H14N2S. The molecule has 0 saturated heterocycles. The van der Waals surface area contributed by atoms with E-state index in [1.165, 1.54) is 0 Å². The summed E-state index contributed by atoms with van der Waals surface area (Å²) in [4.78, 5) is 4.21. The van der Waals surface area contributed by atoms with Gasteiger partial charge in [0.15, 0.2) is 0 Å². The lowest BCUT2D eigenvalue weighted by Gasteiger charge is -2.13. The van der Waals surface area contributed by atoms with E-state index in [1.807, 2.05) is 12.1 Å². The van der Waals surface area contributed by atoms with Gasteiger partial charge < -0.3 is 0 Å². The second kappa shape index (κ2) is 5.02. The lowest BCUT2D eigenvalue weighted by molar-refractivity contribution is 0.641. The van der Waals surface area contributed by atoms with Gasteiger partial charge in [0, 0.05) is 11.4 Å². The lowest BCUT2D eigenvalue weighted by Crippen LogP contribution is -2.05. The van der Waals surface area contributed by atoms with Crippen LogP contribution in [0.2, 0.25) is 0 Å². The highest BCUT2D eigenvalue weighted by Crippen LogP contribution is 2.25. The van der Waals surface area contributed by atoms with Crippen molar-refractivity contribution in [3.8, 4) is 6.07 Å². The van der Waals surface area contributed by atoms with Crippen LogP contribution in [0.1, 0.15) is 26.3 Å². The van der Waals surface area contributed by atoms with Crippen molar-refractivity contribution in [3.05, 3.63) is 23.9 Å². The maximum Gasteiger partial charge on any atom is 0.101 e. The third kappa shape index (κ3) is 3.04. The lowest BCUT2D eigenvalue weighted by atomic mass is 10.2. The second-order valence-electron chi connectivity index (χ2n) is 3.56. The van der Waals surface area contributed by atoms with Gasteiger partial charge in [0.05, 0.1) is 10.6 Å². The molecule has 0 saturated carbocycles. The first kappa shape index (κ1) is 11.1. The summed E-state index contributed by atoms with van der Waals surface area (Å²) in [6.07, 6.45) is 1.62. The van der Waals surface area contributed by atoms with Gasteiger partial charge in [0.2, 0.25) is 0 Å². The molecule has 0 aliphatic heterocycles. The van der Waals surface area contributed by atoms with Crippen molar-refractivity contribution in [2.75, 3.05) is 0 Å². The molecule has 2 nitrogen and oxygen atoms in total. The Balaban J connectivity index is 2.65. The summed E-state index contributed by atoms with van der Waals surface area (Å²) in [5.41, 5.74) is 0.617. The van der Waals surface area contributed by atoms with Gasteiger partial charge in [-0.05, 0) is 18.1 Å². The Morgan fingerprint density at radius 2 is 2.07 bits per heavy atom. The van der Waals surface area contributed by atoms with Crippen LogP contribution in [0.4, 0.5) is 0 Å². The molecular weight excluding hydrogens is 192 g/mol. The summed E-state index contributed by atoms with van der Waals surface area (Å²) in [5, 5.41) is 10.1. The van der Waals surface area contributed by atoms with Gasteiger partial charge in [-0.25, -0.2) is 4.98 Å². The first-order valence-corrected chi connectivity index (χ1v) is 5.54. The van der Waals surface area contributed by atoms with E-state index in [0.717, 1.165) is 5.03 Å². The molecule has 0 aliphatic carbocycles. The van der Waals surface area contributed by atoms with Gasteiger partial charge in [-0.15, -0.1) is 11.8 Å². The van der Waals surface area contributed by atoms with Crippen LogP contribution >= 0.6 is 11.8 Å². The van der Waals surface area contributed by atoms with Crippen LogP contribution < -0.4 is 0 Å². The Morgan fingerprint density at radius 3 is 2.50 bits per heavy atom. The minimum absolute atomic E-state index is 0.551. The number of rotatable bonds is 3. The summed E-state index contributed by atoms with van der Waals surface area (Å²) >= 11 is 1.75. The highest BCUT2D eigenvalue weighted by molar-refractivity contribution is 7.99. The van der Waals surface area contributed by atoms with Gasteiger partial charge >= 0.3 is 0 Å². The number of thioether (sulfide) groups is 1. The molecule has 0 N–H and O–H groups in total. The predicted molar refractivity (Wildman–Crippen MR) is 59.1 cm³/mol. The molecule has 1 aromatic rings. The minimum Gasteiger partial charge on any atom is -0.249 e. The van der Waals surface area contributed by atoms with Crippen LogP contribution in [-0.4, -0.2) is 10.2 Å². The number of nitrogens with zero attached hydrogens (tertiary/aromatic N) is 2. The Kier molecular flexibility index (Phi) is 3.97. The molecule has 0 amide bonds. The van der Waals surface area contributed by atoms with E-state index < -0.39 is 0 Å². The number of nitriles is 1. The molecule has 1 unspecified atom stereocenters. The number of pyridine rings is 1. The van der Waals surface area contributed by atoms with Gasteiger partial charge in [0.25, 0.3) is 0 Å². The normalized spacial score (nSPS) is 12.5. The standard InChI is InChI=1S/C11H14N2S/c1-8(2)9(3)14-11-5-4-10(6-12)7-13-11/h4-5,7-9H,1-3H3. The quantitative estimate of drug-likeness (QED) is 0.713. The van der Waals surface area contributed by atoms with Crippen molar-refractivity contribution in [2.45, 2.75) is 31.0 Å². The van der Waals surface area contributed by atoms with Gasteiger partial charge in [-0.2, -0.15) is 5.26 Å². The highest BCUT2D eigenvalue weighted by Gasteiger charge is 2.09. The molecule has 1 heterocycles. The van der Waals surface area contributed by atoms with E-state index in [4.69, 9.17) is 5.26 Å². The van der Waals surface area contributed by atoms with Crippen LogP contribution in [0.25, 0.3) is 0 Å². The highest BCUT2D eigenvalue weighted by atomic mass is 32.2. The molecule has 1 aromatic heterocycles. The van der Waals surface area contributed by atoms with Gasteiger partial charge in [-0.1, -0.05) is 20.8 Å². The van der Waals surface area contributed by atoms with Gasteiger partial charge in [-0.3, -0.25) is 0 Å². The SMILES string of the molecule is CC(C)C(C)Sc1ccc(C#N)cn1. The zero-order valence-electron chi connectivity index (χ0n) is 8.69. The van der Waals surface area contributed by atoms with E-state index in [2.05, 4.69) is 31.8 Å². The van der Waals surface area contributed by atoms with Crippen molar-refractivity contribution in [3.63, 3.8) is 0 Å². The third-order valence-corrected chi connectivity index (χ3v) is 3.51. The molecule has 0 bridgehead atoms. The van der Waals surface area contributed by atoms with Crippen LogP contribution in [-0.2, 0) is 0 Å². The van der Waals surface area contributed by atoms with E-state index in [0.29, 0.717) is 16.7 Å². The van der Waals surface area contributed by atoms with Crippen molar-refractivity contribution >= 4 is 11.8 Å². The molecule has 14 heavy (non-hydrogen) atoms. The molecule has 0 aliphatic rings. The molecule has 0 radical (unpaired) electrons. The first-order valence-electron chi connectivity index (χ1n) is 4.66. The maximum atomic E-state index is 8.60. The fourth-order valence-electron chi connectivity index (χ4n) is 0.843. The molecule has 74 valence electrons. The largest absolute Gasteiger partial charge is 0.249 e. The molecule has 0 fully saturated rings. The van der Waals surface area contributed by atoms with E-state index >= 15 is 0 Å². The van der Waals surface area contributed by atoms with E-state index in [9.17, 15) is 0 Å². The number of hydrogen-bond acceptors (Lipinski definition) is 3. The van der Waals surface area contributed by atoms with E-state index in [1.54, 1.807) is 18.0 Å². The third-order valence-electron chi connectivity index (χ3n) is 2.11. The minimum atomic E-state index is 0.551. The average Bonchev–Trinajstić information content (AvgIpc) is 2.19. The number of hydrogen-bond donors (Lipinski definition) is 0. The maximum absolute atomic E-state index is 8.60. The molecule has 1 rings (SSSR count). The number of aromatic nitrogens is 1. The Hall–Kier alpha value is -1.01. The smallest absolute Gasteiger partial charge is 0.101 e. The molecule has 1 atom stereocenters. The van der Waals surface area contributed by atoms with Crippen molar-refractivity contribution in [1.29, 1.82) is 5.26 Å². The summed E-state index contributed by atoms with van der Waals surface area (Å²) in [6.45, 7) is 6.58. The summed E-state index contributed by atoms with van der Waals surface area (Å²) in [7, 11) is 0. The molecule has 0 aromatic carbocycles. The first-order chi connectivity index (χ1) is 6.63. The fraction of sp³-hybridized carbons (Fsp3) is 0.455. The zero-order chi connectivity index (χ0) is 10.6. The Labute approximate surface area is 89.4 Å².